The highest BCUT2D eigenvalue weighted by Crippen LogP contribution is 2.44. The van der Waals surface area contributed by atoms with Crippen LogP contribution in [0.5, 0.6) is 0 Å². The van der Waals surface area contributed by atoms with Crippen LogP contribution >= 0.6 is 11.6 Å². The van der Waals surface area contributed by atoms with Crippen LogP contribution in [0.4, 0.5) is 10.5 Å². The summed E-state index contributed by atoms with van der Waals surface area (Å²) >= 11 is 6.22. The van der Waals surface area contributed by atoms with Gasteiger partial charge in [-0.15, -0.1) is 0 Å². The van der Waals surface area contributed by atoms with Crippen LogP contribution in [0.25, 0.3) is 5.69 Å². The molecule has 116 valence electrons. The summed E-state index contributed by atoms with van der Waals surface area (Å²) in [6.45, 7) is 0.565. The van der Waals surface area contributed by atoms with Crippen molar-refractivity contribution in [1.29, 1.82) is 0 Å². The molecular formula is C15H17ClN4O2. The van der Waals surface area contributed by atoms with Crippen LogP contribution in [0.3, 0.4) is 0 Å². The fourth-order valence-electron chi connectivity index (χ4n) is 2.25. The van der Waals surface area contributed by atoms with Gasteiger partial charge in [0.15, 0.2) is 0 Å². The van der Waals surface area contributed by atoms with Crippen LogP contribution in [0.15, 0.2) is 36.7 Å². The molecule has 0 radical (unpaired) electrons. The third-order valence-electron chi connectivity index (χ3n) is 3.88. The van der Waals surface area contributed by atoms with Crippen LogP contribution in [0.1, 0.15) is 12.8 Å². The maximum Gasteiger partial charge on any atom is 0.319 e. The number of nitrogens with zero attached hydrogens (tertiary/aromatic N) is 2. The molecule has 2 amide bonds. The zero-order valence-electron chi connectivity index (χ0n) is 11.9. The summed E-state index contributed by atoms with van der Waals surface area (Å²) in [6.07, 6.45) is 5.29. The van der Waals surface area contributed by atoms with Gasteiger partial charge in [0.2, 0.25) is 0 Å². The summed E-state index contributed by atoms with van der Waals surface area (Å²) in [6, 6.07) is 6.73. The number of halogens is 1. The number of rotatable bonds is 5. The molecule has 0 atom stereocenters. The van der Waals surface area contributed by atoms with E-state index in [0.29, 0.717) is 22.9 Å². The molecule has 0 unspecified atom stereocenters. The van der Waals surface area contributed by atoms with Gasteiger partial charge in [0.05, 0.1) is 17.3 Å². The predicted octanol–water partition coefficient (Wildman–Crippen LogP) is 2.42. The van der Waals surface area contributed by atoms with Gasteiger partial charge < -0.3 is 15.7 Å². The maximum atomic E-state index is 12.1. The van der Waals surface area contributed by atoms with E-state index in [1.807, 2.05) is 0 Å². The lowest BCUT2D eigenvalue weighted by Crippen LogP contribution is -2.35. The number of nitrogens with one attached hydrogen (secondary N) is 2. The number of carbonyl (C=O) groups is 1. The second-order valence-electron chi connectivity index (χ2n) is 5.55. The van der Waals surface area contributed by atoms with E-state index in [2.05, 4.69) is 15.7 Å². The fraction of sp³-hybridized carbons (Fsp3) is 0.333. The smallest absolute Gasteiger partial charge is 0.319 e. The van der Waals surface area contributed by atoms with Crippen molar-refractivity contribution in [3.63, 3.8) is 0 Å². The highest BCUT2D eigenvalue weighted by Gasteiger charge is 2.42. The highest BCUT2D eigenvalue weighted by molar-refractivity contribution is 6.33. The Labute approximate surface area is 133 Å². The van der Waals surface area contributed by atoms with Gasteiger partial charge in [-0.05, 0) is 31.0 Å². The van der Waals surface area contributed by atoms with E-state index in [1.165, 1.54) is 0 Å². The van der Waals surface area contributed by atoms with Gasteiger partial charge in [0, 0.05) is 24.4 Å². The molecule has 22 heavy (non-hydrogen) atoms. The quantitative estimate of drug-likeness (QED) is 0.791. The number of urea groups is 1. The second-order valence-corrected chi connectivity index (χ2v) is 5.96. The number of aliphatic hydroxyl groups excluding tert-OH is 1. The first kappa shape index (κ1) is 14.9. The van der Waals surface area contributed by atoms with Crippen LogP contribution in [0, 0.1) is 5.41 Å². The predicted molar refractivity (Wildman–Crippen MR) is 84.3 cm³/mol. The SMILES string of the molecule is O=C(NCC1(CO)CC1)Nc1cccc(Cl)c1-n1cccn1. The molecule has 0 aliphatic heterocycles. The molecule has 2 aromatic rings. The average Bonchev–Trinajstić information content (AvgIpc) is 3.10. The molecule has 6 nitrogen and oxygen atoms in total. The van der Waals surface area contributed by atoms with E-state index >= 15 is 0 Å². The Kier molecular flexibility index (Phi) is 4.04. The van der Waals surface area contributed by atoms with Crippen molar-refractivity contribution < 1.29 is 9.90 Å². The summed E-state index contributed by atoms with van der Waals surface area (Å²) in [4.78, 5) is 12.1. The van der Waals surface area contributed by atoms with Gasteiger partial charge in [0.25, 0.3) is 0 Å². The summed E-state index contributed by atoms with van der Waals surface area (Å²) in [5.41, 5.74) is 1.06. The molecule has 7 heteroatoms. The van der Waals surface area contributed by atoms with Crippen molar-refractivity contribution >= 4 is 23.3 Å². The molecule has 3 N–H and O–H groups in total. The zero-order chi connectivity index (χ0) is 15.6. The Balaban J connectivity index is 1.72. The van der Waals surface area contributed by atoms with Crippen molar-refractivity contribution in [2.75, 3.05) is 18.5 Å². The number of aliphatic hydroxyl groups is 1. The van der Waals surface area contributed by atoms with E-state index < -0.39 is 0 Å². The van der Waals surface area contributed by atoms with Crippen LogP contribution in [-0.2, 0) is 0 Å². The lowest BCUT2D eigenvalue weighted by Gasteiger charge is -2.16. The molecule has 1 aliphatic rings. The molecule has 0 saturated heterocycles. The maximum absolute atomic E-state index is 12.1. The molecule has 1 heterocycles. The van der Waals surface area contributed by atoms with Crippen LogP contribution < -0.4 is 10.6 Å². The monoisotopic (exact) mass is 320 g/mol. The standard InChI is InChI=1S/C15H17ClN4O2/c16-11-3-1-4-12(13(11)20-8-2-7-18-20)19-14(22)17-9-15(10-21)5-6-15/h1-4,7-8,21H,5-6,9-10H2,(H2,17,19,22). The first-order valence-electron chi connectivity index (χ1n) is 7.08. The van der Waals surface area contributed by atoms with Gasteiger partial charge in [-0.1, -0.05) is 17.7 Å². The number of anilines is 1. The molecule has 1 aromatic heterocycles. The number of para-hydroxylation sites is 1. The molecule has 3 rings (SSSR count). The lowest BCUT2D eigenvalue weighted by atomic mass is 10.1. The Bertz CT molecular complexity index is 668. The first-order chi connectivity index (χ1) is 10.6. The molecule has 0 bridgehead atoms. The van der Waals surface area contributed by atoms with E-state index in [1.54, 1.807) is 41.3 Å². The topological polar surface area (TPSA) is 79.2 Å². The first-order valence-corrected chi connectivity index (χ1v) is 7.46. The Morgan fingerprint density at radius 3 is 2.86 bits per heavy atom. The number of benzene rings is 1. The van der Waals surface area contributed by atoms with Crippen molar-refractivity contribution in [3.05, 3.63) is 41.7 Å². The summed E-state index contributed by atoms with van der Waals surface area (Å²) in [5.74, 6) is 0. The van der Waals surface area contributed by atoms with E-state index in [4.69, 9.17) is 11.6 Å². The molecular weight excluding hydrogens is 304 g/mol. The number of carbonyl (C=O) groups excluding carboxylic acids is 1. The Morgan fingerprint density at radius 1 is 1.41 bits per heavy atom. The number of aromatic nitrogens is 2. The van der Waals surface area contributed by atoms with Gasteiger partial charge in [-0.25, -0.2) is 9.48 Å². The molecule has 1 aromatic carbocycles. The van der Waals surface area contributed by atoms with Crippen molar-refractivity contribution in [3.8, 4) is 5.69 Å². The van der Waals surface area contributed by atoms with Crippen molar-refractivity contribution in [2.24, 2.45) is 5.41 Å². The third kappa shape index (κ3) is 3.08. The van der Waals surface area contributed by atoms with Gasteiger partial charge in [-0.3, -0.25) is 0 Å². The molecule has 1 saturated carbocycles. The Hall–Kier alpha value is -2.05. The van der Waals surface area contributed by atoms with Crippen LogP contribution in [-0.4, -0.2) is 34.1 Å². The lowest BCUT2D eigenvalue weighted by molar-refractivity contribution is 0.206. The largest absolute Gasteiger partial charge is 0.396 e. The number of hydrogen-bond acceptors (Lipinski definition) is 3. The van der Waals surface area contributed by atoms with E-state index in [0.717, 1.165) is 12.8 Å². The fourth-order valence-corrected chi connectivity index (χ4v) is 2.51. The minimum Gasteiger partial charge on any atom is -0.396 e. The Morgan fingerprint density at radius 2 is 2.23 bits per heavy atom. The minimum atomic E-state index is -0.324. The zero-order valence-corrected chi connectivity index (χ0v) is 12.7. The highest BCUT2D eigenvalue weighted by atomic mass is 35.5. The van der Waals surface area contributed by atoms with E-state index in [9.17, 15) is 9.90 Å². The van der Waals surface area contributed by atoms with Crippen molar-refractivity contribution in [1.82, 2.24) is 15.1 Å². The summed E-state index contributed by atoms with van der Waals surface area (Å²) in [7, 11) is 0. The molecule has 0 spiro atoms. The summed E-state index contributed by atoms with van der Waals surface area (Å²) in [5, 5.41) is 19.5. The number of hydrogen-bond donors (Lipinski definition) is 3. The van der Waals surface area contributed by atoms with E-state index in [-0.39, 0.29) is 18.1 Å². The van der Waals surface area contributed by atoms with Gasteiger partial charge in [0.1, 0.15) is 5.69 Å². The molecule has 1 fully saturated rings. The number of amides is 2. The second kappa shape index (κ2) is 5.98. The minimum absolute atomic E-state index is 0.100. The van der Waals surface area contributed by atoms with Gasteiger partial charge in [-0.2, -0.15) is 5.10 Å². The third-order valence-corrected chi connectivity index (χ3v) is 4.19. The van der Waals surface area contributed by atoms with Gasteiger partial charge >= 0.3 is 6.03 Å². The summed E-state index contributed by atoms with van der Waals surface area (Å²) < 4.78 is 1.61. The van der Waals surface area contributed by atoms with Crippen molar-refractivity contribution in [2.45, 2.75) is 12.8 Å². The normalized spacial score (nSPS) is 15.4. The molecule has 1 aliphatic carbocycles. The van der Waals surface area contributed by atoms with Crippen LogP contribution in [0.2, 0.25) is 5.02 Å². The average molecular weight is 321 g/mol.